The highest BCUT2D eigenvalue weighted by molar-refractivity contribution is 5.97. The van der Waals surface area contributed by atoms with Gasteiger partial charge in [0.15, 0.2) is 0 Å². The van der Waals surface area contributed by atoms with Crippen LogP contribution in [0.4, 0.5) is 0 Å². The Labute approximate surface area is 303 Å². The molecule has 19 nitrogen and oxygen atoms in total. The summed E-state index contributed by atoms with van der Waals surface area (Å²) in [5, 5.41) is 24.0. The molecule has 294 valence electrons. The van der Waals surface area contributed by atoms with E-state index in [9.17, 15) is 43.2 Å². The second kappa shape index (κ2) is 21.5. The fourth-order valence-corrected chi connectivity index (χ4v) is 5.43. The van der Waals surface area contributed by atoms with Crippen LogP contribution in [0.15, 0.2) is 0 Å². The quantitative estimate of drug-likeness (QED) is 0.0579. The third-order valence-corrected chi connectivity index (χ3v) is 8.24. The zero-order chi connectivity index (χ0) is 39.9. The molecule has 0 spiro atoms. The number of nitrogens with two attached hydrogens (primary N) is 2. The number of nitrogens with zero attached hydrogens (tertiary/aromatic N) is 1. The topological polar surface area (TPSA) is 301 Å². The summed E-state index contributed by atoms with van der Waals surface area (Å²) in [4.78, 5) is 115. The van der Waals surface area contributed by atoms with E-state index < -0.39 is 114 Å². The normalized spacial score (nSPS) is 17.0. The van der Waals surface area contributed by atoms with Crippen LogP contribution in [0.25, 0.3) is 0 Å². The molecule has 0 aromatic carbocycles. The van der Waals surface area contributed by atoms with Crippen molar-refractivity contribution in [2.24, 2.45) is 29.2 Å². The number of aliphatic carboxylic acids is 1. The Balaban J connectivity index is 3.18. The number of nitrogens with one attached hydrogen (secondary N) is 6. The molecule has 1 heterocycles. The highest BCUT2D eigenvalue weighted by Crippen LogP contribution is 2.20. The number of primary amides is 1. The molecule has 0 saturated carbocycles. The van der Waals surface area contributed by atoms with Gasteiger partial charge in [-0.1, -0.05) is 41.5 Å². The number of carboxylic acid groups (broad SMARTS) is 1. The highest BCUT2D eigenvalue weighted by atomic mass is 16.4. The molecule has 0 radical (unpaired) electrons. The van der Waals surface area contributed by atoms with Gasteiger partial charge < -0.3 is 53.4 Å². The second-order valence-electron chi connectivity index (χ2n) is 14.1. The summed E-state index contributed by atoms with van der Waals surface area (Å²) in [5.74, 6) is -7.75. The van der Waals surface area contributed by atoms with E-state index in [2.05, 4.69) is 31.9 Å². The molecule has 1 fully saturated rings. The van der Waals surface area contributed by atoms with Crippen LogP contribution in [0, 0.1) is 17.8 Å². The van der Waals surface area contributed by atoms with Gasteiger partial charge in [-0.15, -0.1) is 0 Å². The molecule has 6 atom stereocenters. The van der Waals surface area contributed by atoms with E-state index in [1.807, 2.05) is 13.8 Å². The lowest BCUT2D eigenvalue weighted by Gasteiger charge is -2.31. The van der Waals surface area contributed by atoms with E-state index in [4.69, 9.17) is 16.6 Å². The van der Waals surface area contributed by atoms with Crippen molar-refractivity contribution in [3.05, 3.63) is 0 Å². The molecule has 1 aliphatic rings. The molecule has 1 rings (SSSR count). The lowest BCUT2D eigenvalue weighted by Crippen LogP contribution is -2.61. The summed E-state index contributed by atoms with van der Waals surface area (Å²) in [6.45, 7) is 10.9. The number of hydrogen-bond donors (Lipinski definition) is 9. The maximum Gasteiger partial charge on any atom is 0.322 e. The number of carbonyl (C=O) groups is 9. The predicted octanol–water partition coefficient (Wildman–Crippen LogP) is -2.80. The Hall–Kier alpha value is -4.81. The molecule has 0 aromatic rings. The molecule has 8 amide bonds. The van der Waals surface area contributed by atoms with Crippen molar-refractivity contribution in [3.8, 4) is 0 Å². The largest absolute Gasteiger partial charge is 0.480 e. The molecule has 19 heteroatoms. The zero-order valence-electron chi connectivity index (χ0n) is 31.1. The van der Waals surface area contributed by atoms with Gasteiger partial charge in [-0.3, -0.25) is 43.2 Å². The van der Waals surface area contributed by atoms with Crippen LogP contribution < -0.4 is 43.4 Å². The van der Waals surface area contributed by atoms with Crippen molar-refractivity contribution >= 4 is 53.2 Å². The lowest BCUT2D eigenvalue weighted by atomic mass is 9.98. The van der Waals surface area contributed by atoms with Gasteiger partial charge in [0.25, 0.3) is 0 Å². The summed E-state index contributed by atoms with van der Waals surface area (Å²) in [6, 6.07) is -6.58. The molecule has 0 aromatic heterocycles. The molecular weight excluding hydrogens is 682 g/mol. The average molecular weight is 740 g/mol. The SMILES string of the molecule is CC(C)C[C@H](NC(=O)[C@@H](NC(=O)CNC(=O)[C@@H](C)N)C(C)C)C(=O)N[C@H](C(=O)N[C@@H](CCC(N)=O)C(=O)N1CCC[C@H]1C(=O)NCC(=O)O)C(C)C. The van der Waals surface area contributed by atoms with E-state index in [-0.39, 0.29) is 38.1 Å². The van der Waals surface area contributed by atoms with Crippen LogP contribution in [0.5, 0.6) is 0 Å². The van der Waals surface area contributed by atoms with Gasteiger partial charge >= 0.3 is 5.97 Å². The Morgan fingerprint density at radius 3 is 1.79 bits per heavy atom. The third-order valence-electron chi connectivity index (χ3n) is 8.24. The number of carbonyl (C=O) groups excluding carboxylic acids is 8. The zero-order valence-corrected chi connectivity index (χ0v) is 31.1. The number of amides is 8. The smallest absolute Gasteiger partial charge is 0.322 e. The van der Waals surface area contributed by atoms with Crippen molar-refractivity contribution in [2.75, 3.05) is 19.6 Å². The van der Waals surface area contributed by atoms with Crippen LogP contribution in [0.1, 0.15) is 80.6 Å². The van der Waals surface area contributed by atoms with E-state index in [1.165, 1.54) is 11.8 Å². The van der Waals surface area contributed by atoms with Gasteiger partial charge in [0, 0.05) is 13.0 Å². The minimum Gasteiger partial charge on any atom is -0.480 e. The molecule has 52 heavy (non-hydrogen) atoms. The van der Waals surface area contributed by atoms with Crippen LogP contribution in [0.3, 0.4) is 0 Å². The van der Waals surface area contributed by atoms with Crippen molar-refractivity contribution in [2.45, 2.75) is 117 Å². The summed E-state index contributed by atoms with van der Waals surface area (Å²) >= 11 is 0. The van der Waals surface area contributed by atoms with Crippen LogP contribution in [-0.4, -0.2) is 119 Å². The molecule has 0 unspecified atom stereocenters. The second-order valence-corrected chi connectivity index (χ2v) is 14.1. The molecule has 11 N–H and O–H groups in total. The molecule has 0 aliphatic carbocycles. The van der Waals surface area contributed by atoms with Crippen molar-refractivity contribution in [3.63, 3.8) is 0 Å². The van der Waals surface area contributed by atoms with Crippen LogP contribution in [-0.2, 0) is 43.2 Å². The predicted molar refractivity (Wildman–Crippen MR) is 187 cm³/mol. The minimum absolute atomic E-state index is 0.0974. The summed E-state index contributed by atoms with van der Waals surface area (Å²) < 4.78 is 0. The first-order valence-corrected chi connectivity index (χ1v) is 17.5. The highest BCUT2D eigenvalue weighted by Gasteiger charge is 2.39. The van der Waals surface area contributed by atoms with Gasteiger partial charge in [-0.05, 0) is 50.4 Å². The van der Waals surface area contributed by atoms with E-state index >= 15 is 0 Å². The first-order chi connectivity index (χ1) is 24.2. The fraction of sp³-hybridized carbons (Fsp3) is 0.727. The van der Waals surface area contributed by atoms with Gasteiger partial charge in [-0.2, -0.15) is 0 Å². The number of likely N-dealkylation sites (tertiary alicyclic amines) is 1. The van der Waals surface area contributed by atoms with Gasteiger partial charge in [0.2, 0.25) is 47.3 Å². The summed E-state index contributed by atoms with van der Waals surface area (Å²) in [7, 11) is 0. The number of hydrogen-bond acceptors (Lipinski definition) is 10. The third kappa shape index (κ3) is 15.2. The van der Waals surface area contributed by atoms with Gasteiger partial charge in [-0.25, -0.2) is 0 Å². The molecule has 0 bridgehead atoms. The Kier molecular flexibility index (Phi) is 18.7. The van der Waals surface area contributed by atoms with E-state index in [0.29, 0.717) is 6.42 Å². The number of carboxylic acids is 1. The lowest BCUT2D eigenvalue weighted by molar-refractivity contribution is -0.143. The first-order valence-electron chi connectivity index (χ1n) is 17.5. The Morgan fingerprint density at radius 1 is 0.731 bits per heavy atom. The van der Waals surface area contributed by atoms with Crippen LogP contribution >= 0.6 is 0 Å². The number of rotatable bonds is 21. The van der Waals surface area contributed by atoms with E-state index in [0.717, 1.165) is 0 Å². The van der Waals surface area contributed by atoms with Crippen molar-refractivity contribution < 1.29 is 48.3 Å². The maximum absolute atomic E-state index is 13.7. The summed E-state index contributed by atoms with van der Waals surface area (Å²) in [5.41, 5.74) is 10.8. The minimum atomic E-state index is -1.31. The van der Waals surface area contributed by atoms with Crippen LogP contribution in [0.2, 0.25) is 0 Å². The molecule has 1 aliphatic heterocycles. The summed E-state index contributed by atoms with van der Waals surface area (Å²) in [6.07, 6.45) is 0.363. The van der Waals surface area contributed by atoms with Gasteiger partial charge in [0.1, 0.15) is 36.8 Å². The monoisotopic (exact) mass is 739 g/mol. The van der Waals surface area contributed by atoms with Crippen molar-refractivity contribution in [1.29, 1.82) is 0 Å². The van der Waals surface area contributed by atoms with Crippen molar-refractivity contribution in [1.82, 2.24) is 36.8 Å². The van der Waals surface area contributed by atoms with Gasteiger partial charge in [0.05, 0.1) is 12.6 Å². The molecular formula is C33H57N9O10. The first kappa shape index (κ1) is 45.2. The fourth-order valence-electron chi connectivity index (χ4n) is 5.43. The Morgan fingerprint density at radius 2 is 1.29 bits per heavy atom. The van der Waals surface area contributed by atoms with E-state index in [1.54, 1.807) is 27.7 Å². The molecule has 1 saturated heterocycles. The average Bonchev–Trinajstić information content (AvgIpc) is 3.54. The maximum atomic E-state index is 13.7. The standard InChI is InChI=1S/C33H57N9O10/c1-16(2)13-21(39-31(50)26(17(3)4)40-24(44)14-36-28(47)19(7)34)29(48)41-27(18(5)6)32(51)38-20(10-11-23(35)43)33(52)42-12-8-9-22(42)30(49)37-15-25(45)46/h16-22,26-27H,8-15,34H2,1-7H3,(H2,35,43)(H,36,47)(H,37,49)(H,38,51)(H,39,50)(H,40,44)(H,41,48)(H,45,46)/t19-,20+,21+,22+,26+,27+/m1/s1. The Bertz CT molecular complexity index is 1320.